The number of rotatable bonds is 2. The molecule has 78 valence electrons. The molecule has 0 saturated carbocycles. The molecular formula is C10H8NO4-. The third-order valence-electron chi connectivity index (χ3n) is 2.25. The highest BCUT2D eigenvalue weighted by atomic mass is 16.4. The van der Waals surface area contributed by atoms with Crippen LogP contribution < -0.4 is 10.9 Å². The molecule has 0 amide bonds. The van der Waals surface area contributed by atoms with Crippen molar-refractivity contribution < 1.29 is 14.3 Å². The van der Waals surface area contributed by atoms with Gasteiger partial charge in [0.15, 0.2) is 5.58 Å². The van der Waals surface area contributed by atoms with Crippen molar-refractivity contribution in [3.8, 4) is 0 Å². The smallest absolute Gasteiger partial charge is 0.420 e. The number of hydrogen-bond donors (Lipinski definition) is 0. The summed E-state index contributed by atoms with van der Waals surface area (Å²) >= 11 is 0. The highest BCUT2D eigenvalue weighted by Gasteiger charge is 2.14. The van der Waals surface area contributed by atoms with Gasteiger partial charge < -0.3 is 14.3 Å². The fraction of sp³-hybridized carbons (Fsp3) is 0.200. The highest BCUT2D eigenvalue weighted by Crippen LogP contribution is 2.15. The zero-order valence-corrected chi connectivity index (χ0v) is 7.97. The van der Waals surface area contributed by atoms with Gasteiger partial charge in [0.2, 0.25) is 0 Å². The molecule has 0 aliphatic carbocycles. The summed E-state index contributed by atoms with van der Waals surface area (Å²) < 4.78 is 5.95. The maximum atomic E-state index is 11.4. The van der Waals surface area contributed by atoms with Gasteiger partial charge in [-0.15, -0.1) is 0 Å². The van der Waals surface area contributed by atoms with Crippen molar-refractivity contribution in [2.45, 2.75) is 13.0 Å². The second-order valence-corrected chi connectivity index (χ2v) is 3.20. The molecule has 1 atom stereocenters. The van der Waals surface area contributed by atoms with Crippen molar-refractivity contribution in [2.75, 3.05) is 0 Å². The first-order valence-corrected chi connectivity index (χ1v) is 4.42. The van der Waals surface area contributed by atoms with E-state index in [-0.39, 0.29) is 0 Å². The number of nitrogens with zero attached hydrogens (tertiary/aromatic N) is 1. The molecule has 0 aliphatic heterocycles. The molecule has 1 aromatic carbocycles. The first kappa shape index (κ1) is 9.51. The Balaban J connectivity index is 2.74. The first-order chi connectivity index (χ1) is 7.11. The van der Waals surface area contributed by atoms with E-state index < -0.39 is 17.8 Å². The number of carboxylic acids is 1. The average Bonchev–Trinajstić information content (AvgIpc) is 2.52. The van der Waals surface area contributed by atoms with Crippen molar-refractivity contribution in [3.63, 3.8) is 0 Å². The third-order valence-corrected chi connectivity index (χ3v) is 2.25. The molecule has 0 spiro atoms. The van der Waals surface area contributed by atoms with Crippen LogP contribution in [0.1, 0.15) is 13.0 Å². The van der Waals surface area contributed by atoms with Crippen molar-refractivity contribution in [3.05, 3.63) is 34.8 Å². The summed E-state index contributed by atoms with van der Waals surface area (Å²) in [7, 11) is 0. The molecule has 5 heteroatoms. The Kier molecular flexibility index (Phi) is 2.07. The Labute approximate surface area is 84.5 Å². The van der Waals surface area contributed by atoms with E-state index in [1.807, 2.05) is 0 Å². The quantitative estimate of drug-likeness (QED) is 0.687. The maximum Gasteiger partial charge on any atom is 0.420 e. The predicted molar refractivity (Wildman–Crippen MR) is 50.2 cm³/mol. The molecule has 1 aromatic heterocycles. The molecule has 15 heavy (non-hydrogen) atoms. The Hall–Kier alpha value is -2.04. The lowest BCUT2D eigenvalue weighted by Crippen LogP contribution is -2.35. The fourth-order valence-electron chi connectivity index (χ4n) is 1.46. The summed E-state index contributed by atoms with van der Waals surface area (Å²) in [6.45, 7) is 1.37. The standard InChI is InChI=1S/C10H9NO4/c1-6(9(12)13)11-7-4-2-3-5-8(7)15-10(11)14/h2-6H,1H3,(H,12,13)/p-1/t6-/m0/s1. The van der Waals surface area contributed by atoms with Crippen molar-refractivity contribution >= 4 is 17.1 Å². The van der Waals surface area contributed by atoms with Crippen molar-refractivity contribution in [1.29, 1.82) is 0 Å². The van der Waals surface area contributed by atoms with E-state index in [1.54, 1.807) is 24.3 Å². The number of oxazole rings is 1. The van der Waals surface area contributed by atoms with Gasteiger partial charge in [-0.1, -0.05) is 12.1 Å². The number of aliphatic carboxylic acids is 1. The van der Waals surface area contributed by atoms with E-state index in [1.165, 1.54) is 6.92 Å². The van der Waals surface area contributed by atoms with Gasteiger partial charge in [0.25, 0.3) is 0 Å². The lowest BCUT2D eigenvalue weighted by Gasteiger charge is -2.12. The predicted octanol–water partition coefficient (Wildman–Crippen LogP) is -0.0946. The number of carbonyl (C=O) groups excluding carboxylic acids is 1. The van der Waals surface area contributed by atoms with Gasteiger partial charge in [-0.05, 0) is 19.1 Å². The Morgan fingerprint density at radius 1 is 1.47 bits per heavy atom. The molecule has 5 nitrogen and oxygen atoms in total. The molecule has 0 unspecified atom stereocenters. The van der Waals surface area contributed by atoms with Gasteiger partial charge in [0.05, 0.1) is 17.5 Å². The summed E-state index contributed by atoms with van der Waals surface area (Å²) in [4.78, 5) is 22.1. The van der Waals surface area contributed by atoms with E-state index in [9.17, 15) is 14.7 Å². The molecule has 0 saturated heterocycles. The maximum absolute atomic E-state index is 11.4. The zero-order valence-electron chi connectivity index (χ0n) is 7.97. The molecule has 0 radical (unpaired) electrons. The summed E-state index contributed by atoms with van der Waals surface area (Å²) in [5.74, 6) is -2.00. The summed E-state index contributed by atoms with van der Waals surface area (Å²) in [5.41, 5.74) is 0.829. The van der Waals surface area contributed by atoms with Gasteiger partial charge in [-0.3, -0.25) is 4.57 Å². The largest absolute Gasteiger partial charge is 0.548 e. The molecule has 2 rings (SSSR count). The number of carbonyl (C=O) groups is 1. The lowest BCUT2D eigenvalue weighted by atomic mass is 10.3. The van der Waals surface area contributed by atoms with Crippen LogP contribution in [0.3, 0.4) is 0 Å². The molecule has 0 aliphatic rings. The number of hydrogen-bond acceptors (Lipinski definition) is 4. The van der Waals surface area contributed by atoms with Crippen LogP contribution in [0.5, 0.6) is 0 Å². The monoisotopic (exact) mass is 206 g/mol. The van der Waals surface area contributed by atoms with Crippen LogP contribution in [0.25, 0.3) is 11.1 Å². The number of benzene rings is 1. The second kappa shape index (κ2) is 3.27. The SMILES string of the molecule is C[C@@H](C(=O)[O-])n1c(=O)oc2ccccc21. The van der Waals surface area contributed by atoms with Crippen LogP contribution in [-0.4, -0.2) is 10.5 Å². The van der Waals surface area contributed by atoms with E-state index in [0.29, 0.717) is 11.1 Å². The van der Waals surface area contributed by atoms with Crippen molar-refractivity contribution in [1.82, 2.24) is 4.57 Å². The van der Waals surface area contributed by atoms with Gasteiger partial charge in [0, 0.05) is 0 Å². The minimum Gasteiger partial charge on any atom is -0.548 e. The summed E-state index contributed by atoms with van der Waals surface area (Å²) in [5, 5.41) is 10.7. The third kappa shape index (κ3) is 1.41. The van der Waals surface area contributed by atoms with Crippen LogP contribution in [0.2, 0.25) is 0 Å². The molecule has 0 bridgehead atoms. The molecule has 0 fully saturated rings. The van der Waals surface area contributed by atoms with E-state index in [0.717, 1.165) is 4.57 Å². The van der Waals surface area contributed by atoms with E-state index in [4.69, 9.17) is 4.42 Å². The van der Waals surface area contributed by atoms with Crippen LogP contribution in [0, 0.1) is 0 Å². The Morgan fingerprint density at radius 3 is 2.80 bits per heavy atom. The number of fused-ring (bicyclic) bond motifs is 1. The van der Waals surface area contributed by atoms with Gasteiger partial charge in [-0.2, -0.15) is 0 Å². The highest BCUT2D eigenvalue weighted by molar-refractivity contribution is 5.77. The van der Waals surface area contributed by atoms with Gasteiger partial charge in [0.1, 0.15) is 0 Å². The Bertz CT molecular complexity index is 566. The topological polar surface area (TPSA) is 75.3 Å². The zero-order chi connectivity index (χ0) is 11.0. The number of para-hydroxylation sites is 2. The normalized spacial score (nSPS) is 12.9. The van der Waals surface area contributed by atoms with E-state index in [2.05, 4.69) is 0 Å². The summed E-state index contributed by atoms with van der Waals surface area (Å²) in [6, 6.07) is 5.60. The first-order valence-electron chi connectivity index (χ1n) is 4.42. The fourth-order valence-corrected chi connectivity index (χ4v) is 1.46. The van der Waals surface area contributed by atoms with Crippen LogP contribution in [0.15, 0.2) is 33.5 Å². The van der Waals surface area contributed by atoms with E-state index >= 15 is 0 Å². The summed E-state index contributed by atoms with van der Waals surface area (Å²) in [6.07, 6.45) is 0. The van der Waals surface area contributed by atoms with Crippen LogP contribution in [-0.2, 0) is 4.79 Å². The average molecular weight is 206 g/mol. The van der Waals surface area contributed by atoms with Crippen LogP contribution in [0.4, 0.5) is 0 Å². The number of aromatic nitrogens is 1. The second-order valence-electron chi connectivity index (χ2n) is 3.20. The minimum absolute atomic E-state index is 0.371. The molecule has 1 heterocycles. The Morgan fingerprint density at radius 2 is 2.13 bits per heavy atom. The van der Waals surface area contributed by atoms with Gasteiger partial charge >= 0.3 is 5.76 Å². The van der Waals surface area contributed by atoms with Crippen molar-refractivity contribution in [2.24, 2.45) is 0 Å². The minimum atomic E-state index is -1.32. The number of carboxylic acid groups (broad SMARTS) is 1. The molecule has 0 N–H and O–H groups in total. The lowest BCUT2D eigenvalue weighted by molar-refractivity contribution is -0.309. The molecular weight excluding hydrogens is 198 g/mol. The van der Waals surface area contributed by atoms with Gasteiger partial charge in [-0.25, -0.2) is 4.79 Å². The van der Waals surface area contributed by atoms with Crippen LogP contribution >= 0.6 is 0 Å². The molecule has 2 aromatic rings.